The Morgan fingerprint density at radius 1 is 1.25 bits per heavy atom. The molecule has 2 unspecified atom stereocenters. The van der Waals surface area contributed by atoms with Gasteiger partial charge in [0.05, 0.1) is 12.6 Å². The maximum atomic E-state index is 12.0. The first kappa shape index (κ1) is 21.5. The van der Waals surface area contributed by atoms with Crippen molar-refractivity contribution in [3.8, 4) is 0 Å². The van der Waals surface area contributed by atoms with E-state index in [0.717, 1.165) is 12.8 Å². The predicted octanol–water partition coefficient (Wildman–Crippen LogP) is 2.02. The first-order chi connectivity index (χ1) is 8.73. The Hall–Kier alpha value is -0.810. The van der Waals surface area contributed by atoms with Crippen LogP contribution < -0.4 is 11.1 Å². The lowest BCUT2D eigenvalue weighted by molar-refractivity contribution is -0.148. The van der Waals surface area contributed by atoms with E-state index in [2.05, 4.69) is 5.32 Å². The van der Waals surface area contributed by atoms with Gasteiger partial charge in [-0.3, -0.25) is 4.79 Å². The number of ether oxygens (including phenoxy) is 1. The minimum Gasteiger partial charge on any atom is -0.464 e. The fourth-order valence-corrected chi connectivity index (χ4v) is 1.55. The summed E-state index contributed by atoms with van der Waals surface area (Å²) in [6, 6.07) is -1.24. The van der Waals surface area contributed by atoms with Crippen LogP contribution in [-0.4, -0.2) is 30.6 Å². The van der Waals surface area contributed by atoms with E-state index in [0.29, 0.717) is 13.0 Å². The molecule has 0 aliphatic heterocycles. The largest absolute Gasteiger partial charge is 0.464 e. The number of rotatable bonds is 7. The number of carbonyl (C=O) groups excluding carboxylic acids is 2. The number of amides is 1. The molecule has 0 aromatic heterocycles. The maximum absolute atomic E-state index is 12.0. The van der Waals surface area contributed by atoms with Crippen LogP contribution in [0.15, 0.2) is 0 Å². The summed E-state index contributed by atoms with van der Waals surface area (Å²) in [5.74, 6) is -0.688. The molecule has 1 amide bonds. The molecule has 3 N–H and O–H groups in total. The van der Waals surface area contributed by atoms with Crippen molar-refractivity contribution in [2.24, 2.45) is 11.1 Å². The van der Waals surface area contributed by atoms with Crippen molar-refractivity contribution in [3.05, 3.63) is 0 Å². The molecule has 0 bridgehead atoms. The second-order valence-corrected chi connectivity index (χ2v) is 5.80. The van der Waals surface area contributed by atoms with Crippen LogP contribution in [0.5, 0.6) is 0 Å². The first-order valence-electron chi connectivity index (χ1n) is 6.96. The quantitative estimate of drug-likeness (QED) is 0.705. The minimum absolute atomic E-state index is 0. The third-order valence-electron chi connectivity index (χ3n) is 2.95. The van der Waals surface area contributed by atoms with E-state index in [1.807, 2.05) is 27.7 Å². The molecule has 0 aromatic carbocycles. The Morgan fingerprint density at radius 3 is 2.20 bits per heavy atom. The molecule has 0 saturated heterocycles. The molecule has 0 heterocycles. The van der Waals surface area contributed by atoms with Gasteiger partial charge in [-0.15, -0.1) is 12.4 Å². The van der Waals surface area contributed by atoms with Gasteiger partial charge in [-0.1, -0.05) is 40.5 Å². The van der Waals surface area contributed by atoms with Gasteiger partial charge in [-0.05, 0) is 18.8 Å². The van der Waals surface area contributed by atoms with Crippen molar-refractivity contribution in [1.82, 2.24) is 5.32 Å². The zero-order valence-electron chi connectivity index (χ0n) is 13.2. The summed E-state index contributed by atoms with van der Waals surface area (Å²) < 4.78 is 4.97. The average molecular weight is 309 g/mol. The fourth-order valence-electron chi connectivity index (χ4n) is 1.55. The van der Waals surface area contributed by atoms with Gasteiger partial charge in [-0.25, -0.2) is 4.79 Å². The van der Waals surface area contributed by atoms with Crippen LogP contribution in [0.1, 0.15) is 53.9 Å². The second-order valence-electron chi connectivity index (χ2n) is 5.80. The summed E-state index contributed by atoms with van der Waals surface area (Å²) >= 11 is 0. The van der Waals surface area contributed by atoms with Gasteiger partial charge in [0.25, 0.3) is 0 Å². The van der Waals surface area contributed by atoms with E-state index in [-0.39, 0.29) is 29.7 Å². The Labute approximate surface area is 128 Å². The van der Waals surface area contributed by atoms with Crippen LogP contribution >= 0.6 is 12.4 Å². The van der Waals surface area contributed by atoms with Crippen molar-refractivity contribution in [1.29, 1.82) is 0 Å². The third kappa shape index (κ3) is 7.70. The molecule has 0 aliphatic rings. The molecular formula is C14H29ClN2O3. The highest BCUT2D eigenvalue weighted by Gasteiger charge is 2.30. The molecular weight excluding hydrogens is 280 g/mol. The highest BCUT2D eigenvalue weighted by atomic mass is 35.5. The molecule has 0 spiro atoms. The Bertz CT molecular complexity index is 303. The van der Waals surface area contributed by atoms with Crippen molar-refractivity contribution in [3.63, 3.8) is 0 Å². The van der Waals surface area contributed by atoms with Crippen LogP contribution in [-0.2, 0) is 14.3 Å². The van der Waals surface area contributed by atoms with E-state index < -0.39 is 12.1 Å². The van der Waals surface area contributed by atoms with Gasteiger partial charge < -0.3 is 15.8 Å². The van der Waals surface area contributed by atoms with Crippen LogP contribution in [0.2, 0.25) is 0 Å². The molecule has 0 aliphatic carbocycles. The molecule has 0 radical (unpaired) electrons. The summed E-state index contributed by atoms with van der Waals surface area (Å²) in [6.07, 6.45) is 2.39. The highest BCUT2D eigenvalue weighted by molar-refractivity contribution is 5.87. The Balaban J connectivity index is 0. The maximum Gasteiger partial charge on any atom is 0.328 e. The molecule has 0 rings (SSSR count). The van der Waals surface area contributed by atoms with Crippen LogP contribution in [0, 0.1) is 5.41 Å². The lowest BCUT2D eigenvalue weighted by atomic mass is 9.86. The lowest BCUT2D eigenvalue weighted by Crippen LogP contribution is -2.53. The number of hydrogen-bond acceptors (Lipinski definition) is 4. The van der Waals surface area contributed by atoms with Crippen molar-refractivity contribution in [2.45, 2.75) is 66.0 Å². The normalized spacial score (nSPS) is 13.9. The van der Waals surface area contributed by atoms with Gasteiger partial charge in [0, 0.05) is 0 Å². The number of hydrogen-bond donors (Lipinski definition) is 2. The zero-order valence-corrected chi connectivity index (χ0v) is 14.0. The first-order valence-corrected chi connectivity index (χ1v) is 6.96. The monoisotopic (exact) mass is 308 g/mol. The summed E-state index contributed by atoms with van der Waals surface area (Å²) in [4.78, 5) is 23.8. The zero-order chi connectivity index (χ0) is 15.1. The number of unbranched alkanes of at least 4 members (excludes halogenated alkanes) is 1. The van der Waals surface area contributed by atoms with Gasteiger partial charge in [0.2, 0.25) is 5.91 Å². The number of nitrogens with two attached hydrogens (primary N) is 1. The summed E-state index contributed by atoms with van der Waals surface area (Å²) in [5.41, 5.74) is 5.54. The fraction of sp³-hybridized carbons (Fsp3) is 0.857. The molecule has 0 fully saturated rings. The Morgan fingerprint density at radius 2 is 1.80 bits per heavy atom. The number of carbonyl (C=O) groups is 2. The van der Waals surface area contributed by atoms with Crippen LogP contribution in [0.25, 0.3) is 0 Å². The smallest absolute Gasteiger partial charge is 0.328 e. The van der Waals surface area contributed by atoms with Gasteiger partial charge in [0.15, 0.2) is 0 Å². The molecule has 2 atom stereocenters. The van der Waals surface area contributed by atoms with Crippen LogP contribution in [0.4, 0.5) is 0 Å². The van der Waals surface area contributed by atoms with E-state index >= 15 is 0 Å². The molecule has 120 valence electrons. The summed E-state index contributed by atoms with van der Waals surface area (Å²) in [6.45, 7) is 9.76. The third-order valence-corrected chi connectivity index (χ3v) is 2.95. The molecule has 0 aromatic rings. The van der Waals surface area contributed by atoms with E-state index in [9.17, 15) is 9.59 Å². The SMILES string of the molecule is CCCCC(NC(=O)C(N)C(C)(C)C)C(=O)OCC.Cl. The predicted molar refractivity (Wildman–Crippen MR) is 82.8 cm³/mol. The second kappa shape index (κ2) is 10.00. The standard InChI is InChI=1S/C14H28N2O3.ClH/c1-6-8-9-10(13(18)19-7-2)16-12(17)11(15)14(3,4)5;/h10-11H,6-9,15H2,1-5H3,(H,16,17);1H. The van der Waals surface area contributed by atoms with Crippen molar-refractivity contribution < 1.29 is 14.3 Å². The topological polar surface area (TPSA) is 81.4 Å². The summed E-state index contributed by atoms with van der Waals surface area (Å²) in [5, 5.41) is 2.70. The lowest BCUT2D eigenvalue weighted by Gasteiger charge is -2.27. The van der Waals surface area contributed by atoms with E-state index in [1.54, 1.807) is 6.92 Å². The van der Waals surface area contributed by atoms with Crippen LogP contribution in [0.3, 0.4) is 0 Å². The van der Waals surface area contributed by atoms with E-state index in [1.165, 1.54) is 0 Å². The Kier molecular flexibility index (Phi) is 10.7. The molecule has 20 heavy (non-hydrogen) atoms. The molecule has 0 saturated carbocycles. The number of esters is 1. The van der Waals surface area contributed by atoms with Gasteiger partial charge in [0.1, 0.15) is 6.04 Å². The van der Waals surface area contributed by atoms with E-state index in [4.69, 9.17) is 10.5 Å². The van der Waals surface area contributed by atoms with Crippen molar-refractivity contribution >= 4 is 24.3 Å². The minimum atomic E-state index is -0.647. The average Bonchev–Trinajstić information content (AvgIpc) is 2.32. The molecule has 6 heteroatoms. The summed E-state index contributed by atoms with van der Waals surface area (Å²) in [7, 11) is 0. The van der Waals surface area contributed by atoms with Crippen molar-refractivity contribution in [2.75, 3.05) is 6.61 Å². The molecule has 5 nitrogen and oxygen atoms in total. The van der Waals surface area contributed by atoms with Gasteiger partial charge >= 0.3 is 5.97 Å². The number of nitrogens with one attached hydrogen (secondary N) is 1. The van der Waals surface area contributed by atoms with Gasteiger partial charge in [-0.2, -0.15) is 0 Å². The highest BCUT2D eigenvalue weighted by Crippen LogP contribution is 2.17. The number of halogens is 1.